The molecule has 4 rings (SSSR count). The maximum Gasteiger partial charge on any atom is 0.130 e. The Balaban J connectivity index is 1.92. The molecular formula is C22H20Br2N2O2. The first-order valence-corrected chi connectivity index (χ1v) is 10.5. The fourth-order valence-electron chi connectivity index (χ4n) is 3.58. The fraction of sp³-hybridized carbons (Fsp3) is 0.182. The van der Waals surface area contributed by atoms with Crippen LogP contribution in [0.25, 0.3) is 21.8 Å². The Bertz CT molecular complexity index is 1090. The Morgan fingerprint density at radius 2 is 1.54 bits per heavy atom. The van der Waals surface area contributed by atoms with E-state index in [-0.39, 0.29) is 6.17 Å². The quantitative estimate of drug-likeness (QED) is 0.335. The average molecular weight is 504 g/mol. The van der Waals surface area contributed by atoms with E-state index in [4.69, 9.17) is 4.74 Å². The molecule has 0 bridgehead atoms. The van der Waals surface area contributed by atoms with Gasteiger partial charge in [0.2, 0.25) is 0 Å². The van der Waals surface area contributed by atoms with Gasteiger partial charge in [0, 0.05) is 31.5 Å². The van der Waals surface area contributed by atoms with Crippen LogP contribution in [0.2, 0.25) is 0 Å². The number of methoxy groups -OCH3 is 1. The summed E-state index contributed by atoms with van der Waals surface area (Å²) in [4.78, 5) is 0. The predicted molar refractivity (Wildman–Crippen MR) is 122 cm³/mol. The minimum absolute atomic E-state index is 0.352. The average Bonchev–Trinajstić information content (AvgIpc) is 2.98. The first-order valence-electron chi connectivity index (χ1n) is 8.95. The Kier molecular flexibility index (Phi) is 5.36. The number of rotatable bonds is 5. The maximum atomic E-state index is 10.7. The zero-order chi connectivity index (χ0) is 19.8. The highest BCUT2D eigenvalue weighted by Gasteiger charge is 2.23. The van der Waals surface area contributed by atoms with Crippen LogP contribution in [0.1, 0.15) is 13.1 Å². The Hall–Kier alpha value is -2.02. The summed E-state index contributed by atoms with van der Waals surface area (Å²) >= 11 is 7.16. The minimum atomic E-state index is -0.628. The fourth-order valence-corrected chi connectivity index (χ4v) is 4.30. The summed E-state index contributed by atoms with van der Waals surface area (Å²) in [5.41, 5.74) is 2.99. The van der Waals surface area contributed by atoms with Gasteiger partial charge in [0.25, 0.3) is 0 Å². The molecule has 3 aromatic carbocycles. The van der Waals surface area contributed by atoms with E-state index < -0.39 is 6.10 Å². The van der Waals surface area contributed by atoms with Crippen molar-refractivity contribution in [3.05, 3.63) is 69.6 Å². The van der Waals surface area contributed by atoms with E-state index in [1.54, 1.807) is 14.0 Å². The third-order valence-corrected chi connectivity index (χ3v) is 5.83. The summed E-state index contributed by atoms with van der Waals surface area (Å²) in [6.07, 6.45) is -0.980. The van der Waals surface area contributed by atoms with Gasteiger partial charge in [-0.05, 0) is 55.5 Å². The van der Waals surface area contributed by atoms with Crippen LogP contribution >= 0.6 is 31.9 Å². The lowest BCUT2D eigenvalue weighted by Crippen LogP contribution is -2.28. The monoisotopic (exact) mass is 502 g/mol. The third-order valence-electron chi connectivity index (χ3n) is 4.85. The standard InChI is InChI=1S/C22H20Br2N2O2/c1-13(27)22(25-16-4-3-5-17(12-16)28-2)26-20-8-6-14(23)10-18(20)19-11-15(24)7-9-21(19)26/h3-13,22,25,27H,1-2H3. The molecule has 4 nitrogen and oxygen atoms in total. The number of aliphatic hydroxyl groups is 1. The number of hydrogen-bond acceptors (Lipinski definition) is 3. The molecule has 0 saturated carbocycles. The summed E-state index contributed by atoms with van der Waals surface area (Å²) in [5, 5.41) is 16.4. The van der Waals surface area contributed by atoms with Gasteiger partial charge in [-0.15, -0.1) is 0 Å². The second-order valence-corrected chi connectivity index (χ2v) is 8.59. The lowest BCUT2D eigenvalue weighted by atomic mass is 10.2. The van der Waals surface area contributed by atoms with Crippen molar-refractivity contribution in [1.82, 2.24) is 4.57 Å². The lowest BCUT2D eigenvalue weighted by Gasteiger charge is -2.26. The summed E-state index contributed by atoms with van der Waals surface area (Å²) in [5.74, 6) is 0.768. The van der Waals surface area contributed by atoms with Crippen molar-refractivity contribution in [1.29, 1.82) is 0 Å². The number of ether oxygens (including phenoxy) is 1. The first kappa shape index (κ1) is 19.3. The Morgan fingerprint density at radius 3 is 2.07 bits per heavy atom. The maximum absolute atomic E-state index is 10.7. The van der Waals surface area contributed by atoms with E-state index in [1.807, 2.05) is 36.4 Å². The van der Waals surface area contributed by atoms with Crippen LogP contribution < -0.4 is 10.1 Å². The number of aliphatic hydroxyl groups excluding tert-OH is 1. The lowest BCUT2D eigenvalue weighted by molar-refractivity contribution is 0.147. The van der Waals surface area contributed by atoms with E-state index in [0.29, 0.717) is 0 Å². The molecule has 2 N–H and O–H groups in total. The van der Waals surface area contributed by atoms with Crippen molar-refractivity contribution in [3.63, 3.8) is 0 Å². The highest BCUT2D eigenvalue weighted by atomic mass is 79.9. The van der Waals surface area contributed by atoms with Gasteiger partial charge >= 0.3 is 0 Å². The second kappa shape index (κ2) is 7.78. The van der Waals surface area contributed by atoms with Gasteiger partial charge in [-0.3, -0.25) is 0 Å². The number of benzene rings is 3. The Morgan fingerprint density at radius 1 is 0.929 bits per heavy atom. The summed E-state index contributed by atoms with van der Waals surface area (Å²) in [7, 11) is 1.65. The van der Waals surface area contributed by atoms with Crippen LogP contribution in [0.15, 0.2) is 69.6 Å². The number of aromatic nitrogens is 1. The van der Waals surface area contributed by atoms with Gasteiger partial charge in [0.1, 0.15) is 11.9 Å². The van der Waals surface area contributed by atoms with Crippen molar-refractivity contribution < 1.29 is 9.84 Å². The van der Waals surface area contributed by atoms with Crippen LogP contribution in [-0.2, 0) is 0 Å². The van der Waals surface area contributed by atoms with Gasteiger partial charge in [-0.1, -0.05) is 37.9 Å². The zero-order valence-corrected chi connectivity index (χ0v) is 18.7. The predicted octanol–water partition coefficient (Wildman–Crippen LogP) is 6.32. The minimum Gasteiger partial charge on any atom is -0.497 e. The molecule has 0 amide bonds. The van der Waals surface area contributed by atoms with Crippen LogP contribution in [-0.4, -0.2) is 22.9 Å². The molecule has 0 saturated heterocycles. The number of halogens is 2. The second-order valence-electron chi connectivity index (χ2n) is 6.75. The van der Waals surface area contributed by atoms with E-state index in [9.17, 15) is 5.11 Å². The largest absolute Gasteiger partial charge is 0.497 e. The molecule has 0 spiro atoms. The molecule has 6 heteroatoms. The van der Waals surface area contributed by atoms with Crippen LogP contribution in [0.3, 0.4) is 0 Å². The molecule has 28 heavy (non-hydrogen) atoms. The van der Waals surface area contributed by atoms with E-state index in [0.717, 1.165) is 42.2 Å². The zero-order valence-electron chi connectivity index (χ0n) is 15.5. The molecule has 0 fully saturated rings. The van der Waals surface area contributed by atoms with Crippen molar-refractivity contribution in [2.75, 3.05) is 12.4 Å². The summed E-state index contributed by atoms with van der Waals surface area (Å²) in [6, 6.07) is 20.2. The van der Waals surface area contributed by atoms with Gasteiger partial charge in [0.05, 0.1) is 24.2 Å². The molecule has 4 aromatic rings. The highest BCUT2D eigenvalue weighted by molar-refractivity contribution is 9.10. The van der Waals surface area contributed by atoms with Gasteiger partial charge < -0.3 is 19.7 Å². The topological polar surface area (TPSA) is 46.4 Å². The highest BCUT2D eigenvalue weighted by Crippen LogP contribution is 2.36. The van der Waals surface area contributed by atoms with Crippen LogP contribution in [0.4, 0.5) is 5.69 Å². The smallest absolute Gasteiger partial charge is 0.130 e. The molecule has 0 aliphatic rings. The number of fused-ring (bicyclic) bond motifs is 3. The third kappa shape index (κ3) is 3.52. The summed E-state index contributed by atoms with van der Waals surface area (Å²) in [6.45, 7) is 1.80. The van der Waals surface area contributed by atoms with Gasteiger partial charge in [0.15, 0.2) is 0 Å². The van der Waals surface area contributed by atoms with E-state index in [2.05, 4.69) is 66.0 Å². The van der Waals surface area contributed by atoms with Crippen LogP contribution in [0.5, 0.6) is 5.75 Å². The summed E-state index contributed by atoms with van der Waals surface area (Å²) < 4.78 is 9.54. The number of nitrogens with one attached hydrogen (secondary N) is 1. The van der Waals surface area contributed by atoms with Crippen LogP contribution in [0, 0.1) is 0 Å². The van der Waals surface area contributed by atoms with Crippen molar-refractivity contribution in [2.45, 2.75) is 19.2 Å². The molecule has 0 aliphatic carbocycles. The number of nitrogens with zero attached hydrogens (tertiary/aromatic N) is 1. The van der Waals surface area contributed by atoms with Gasteiger partial charge in [-0.25, -0.2) is 0 Å². The normalized spacial score (nSPS) is 13.6. The number of hydrogen-bond donors (Lipinski definition) is 2. The molecule has 144 valence electrons. The SMILES string of the molecule is COc1cccc(NC(C(C)O)n2c3ccc(Br)cc3c3cc(Br)ccc32)c1. The molecular weight excluding hydrogens is 484 g/mol. The first-order chi connectivity index (χ1) is 13.5. The van der Waals surface area contributed by atoms with Crippen molar-refractivity contribution >= 4 is 59.4 Å². The van der Waals surface area contributed by atoms with E-state index >= 15 is 0 Å². The molecule has 2 unspecified atom stereocenters. The number of anilines is 1. The van der Waals surface area contributed by atoms with E-state index in [1.165, 1.54) is 0 Å². The Labute approximate surface area is 180 Å². The van der Waals surface area contributed by atoms with Crippen molar-refractivity contribution in [3.8, 4) is 5.75 Å². The molecule has 2 atom stereocenters. The molecule has 1 heterocycles. The molecule has 0 radical (unpaired) electrons. The molecule has 0 aliphatic heterocycles. The molecule has 1 aromatic heterocycles. The van der Waals surface area contributed by atoms with Gasteiger partial charge in [-0.2, -0.15) is 0 Å². The van der Waals surface area contributed by atoms with Crippen molar-refractivity contribution in [2.24, 2.45) is 0 Å².